The molecule has 0 radical (unpaired) electrons. The molecule has 0 aromatic heterocycles. The number of hydrogen-bond acceptors (Lipinski definition) is 4. The van der Waals surface area contributed by atoms with E-state index in [1.165, 1.54) is 11.2 Å². The number of nitrogens with zero attached hydrogens (tertiary/aromatic N) is 5. The van der Waals surface area contributed by atoms with Crippen molar-refractivity contribution < 1.29 is 19.0 Å². The first-order valence-corrected chi connectivity index (χ1v) is 7.93. The normalized spacial score (nSPS) is 27.9. The van der Waals surface area contributed by atoms with Crippen LogP contribution in [0.25, 0.3) is 0 Å². The molecule has 2 saturated heterocycles. The van der Waals surface area contributed by atoms with Crippen LogP contribution in [0.15, 0.2) is 4.99 Å². The highest BCUT2D eigenvalue weighted by atomic mass is 16.2. The molecule has 3 rings (SSSR count). The molecule has 4 amide bonds. The summed E-state index contributed by atoms with van der Waals surface area (Å²) in [6, 6.07) is -0.959. The Morgan fingerprint density at radius 3 is 2.83 bits per heavy atom. The summed E-state index contributed by atoms with van der Waals surface area (Å²) in [5, 5.41) is 0. The van der Waals surface area contributed by atoms with Gasteiger partial charge in [-0.25, -0.2) is 9.37 Å². The largest absolute Gasteiger partial charge is 0.338 e. The highest BCUT2D eigenvalue weighted by Crippen LogP contribution is 2.20. The molecule has 2 atom stereocenters. The van der Waals surface area contributed by atoms with Crippen molar-refractivity contribution in [1.29, 1.82) is 0 Å². The quantitative estimate of drug-likeness (QED) is 0.657. The average molecular weight is 320 g/mol. The van der Waals surface area contributed by atoms with Crippen molar-refractivity contribution in [3.05, 3.63) is 0 Å². The zero-order chi connectivity index (χ0) is 16.7. The second kappa shape index (κ2) is 5.75. The van der Waals surface area contributed by atoms with Crippen LogP contribution in [0.1, 0.15) is 26.2 Å². The summed E-state index contributed by atoms with van der Waals surface area (Å²) >= 11 is 0. The number of carbonyl (C=O) groups is 3. The summed E-state index contributed by atoms with van der Waals surface area (Å²) in [6.45, 7) is 2.49. The molecule has 2 unspecified atom stereocenters. The van der Waals surface area contributed by atoms with Crippen molar-refractivity contribution in [2.45, 2.75) is 38.3 Å². The van der Waals surface area contributed by atoms with Crippen molar-refractivity contribution in [3.8, 4) is 0 Å². The van der Waals surface area contributed by atoms with Crippen LogP contribution < -0.4 is 0 Å². The van der Waals surface area contributed by atoms with Crippen molar-refractivity contribution >= 4 is 30.0 Å². The van der Waals surface area contributed by atoms with Crippen LogP contribution in [-0.4, -0.2) is 88.6 Å². The predicted octanol–water partition coefficient (Wildman–Crippen LogP) is -0.267. The van der Waals surface area contributed by atoms with Gasteiger partial charge in [0, 0.05) is 19.6 Å². The number of rotatable bonds is 2. The van der Waals surface area contributed by atoms with Gasteiger partial charge in [0.25, 0.3) is 24.1 Å². The molecule has 3 aliphatic rings. The Labute approximate surface area is 135 Å². The van der Waals surface area contributed by atoms with Gasteiger partial charge in [-0.15, -0.1) is 0 Å². The molecule has 0 aliphatic carbocycles. The Hall–Kier alpha value is -2.25. The minimum Gasteiger partial charge on any atom is -0.338 e. The van der Waals surface area contributed by atoms with Gasteiger partial charge in [0.1, 0.15) is 6.54 Å². The van der Waals surface area contributed by atoms with E-state index in [0.717, 1.165) is 24.2 Å². The summed E-state index contributed by atoms with van der Waals surface area (Å²) in [5.74, 6) is -0.143. The summed E-state index contributed by atoms with van der Waals surface area (Å²) in [5.41, 5.74) is 0. The predicted molar refractivity (Wildman–Crippen MR) is 83.4 cm³/mol. The van der Waals surface area contributed by atoms with E-state index in [1.807, 2.05) is 6.92 Å². The molecule has 0 bridgehead atoms. The number of likely N-dealkylation sites (tertiary alicyclic amines) is 1. The molecule has 124 valence electrons. The third-order valence-corrected chi connectivity index (χ3v) is 4.80. The van der Waals surface area contributed by atoms with Crippen LogP contribution in [0, 0.1) is 0 Å². The van der Waals surface area contributed by atoms with Crippen LogP contribution >= 0.6 is 0 Å². The number of likely N-dealkylation sites (N-methyl/N-ethyl adjacent to an activating group) is 2. The van der Waals surface area contributed by atoms with Crippen molar-refractivity contribution in [3.63, 3.8) is 0 Å². The molecule has 8 nitrogen and oxygen atoms in total. The maximum Gasteiger partial charge on any atom is 0.334 e. The number of aliphatic imine (C=N–C) groups is 1. The van der Waals surface area contributed by atoms with Gasteiger partial charge < -0.3 is 4.90 Å². The van der Waals surface area contributed by atoms with Crippen LogP contribution in [0.5, 0.6) is 0 Å². The molecule has 2 fully saturated rings. The number of carbonyl (C=O) groups excluding carboxylic acids is 3. The van der Waals surface area contributed by atoms with Crippen LogP contribution in [-0.2, 0) is 9.59 Å². The fourth-order valence-electron chi connectivity index (χ4n) is 3.39. The number of hydrogen-bond donors (Lipinski definition) is 0. The molecule has 0 N–H and O–H groups in total. The number of fused-ring (bicyclic) bond motifs is 1. The lowest BCUT2D eigenvalue weighted by Crippen LogP contribution is -2.64. The Kier molecular flexibility index (Phi) is 3.91. The lowest BCUT2D eigenvalue weighted by Gasteiger charge is -2.37. The number of amides is 4. The topological polar surface area (TPSA) is 76.3 Å². The van der Waals surface area contributed by atoms with Gasteiger partial charge in [-0.1, -0.05) is 0 Å². The standard InChI is InChI=1S/C15H22N5O3/c1-10-6-4-5-7-19(10)11(21)8-20-14(22)12-13(16-9-17(12)2)18(3)15(20)23/h9-10,12H,4-8H2,1-3H3/q+1. The van der Waals surface area contributed by atoms with Gasteiger partial charge in [-0.3, -0.25) is 19.4 Å². The van der Waals surface area contributed by atoms with E-state index in [0.29, 0.717) is 12.4 Å². The third-order valence-electron chi connectivity index (χ3n) is 4.80. The van der Waals surface area contributed by atoms with Crippen molar-refractivity contribution in [1.82, 2.24) is 14.7 Å². The fourth-order valence-corrected chi connectivity index (χ4v) is 3.39. The van der Waals surface area contributed by atoms with Gasteiger partial charge in [-0.2, -0.15) is 0 Å². The van der Waals surface area contributed by atoms with Gasteiger partial charge >= 0.3 is 6.03 Å². The van der Waals surface area contributed by atoms with E-state index >= 15 is 0 Å². The minimum absolute atomic E-state index is 0.156. The summed E-state index contributed by atoms with van der Waals surface area (Å²) < 4.78 is 1.65. The molecule has 3 aliphatic heterocycles. The maximum absolute atomic E-state index is 12.6. The average Bonchev–Trinajstić information content (AvgIpc) is 2.91. The van der Waals surface area contributed by atoms with Crippen LogP contribution in [0.4, 0.5) is 4.79 Å². The molecule has 8 heteroatoms. The van der Waals surface area contributed by atoms with Gasteiger partial charge in [0.2, 0.25) is 5.91 Å². The van der Waals surface area contributed by atoms with Crippen LogP contribution in [0.2, 0.25) is 0 Å². The first kappa shape index (κ1) is 15.6. The number of piperidine rings is 1. The lowest BCUT2D eigenvalue weighted by atomic mass is 10.0. The maximum atomic E-state index is 12.6. The summed E-state index contributed by atoms with van der Waals surface area (Å²) in [7, 11) is 3.31. The monoisotopic (exact) mass is 320 g/mol. The van der Waals surface area contributed by atoms with E-state index in [4.69, 9.17) is 0 Å². The molecule has 23 heavy (non-hydrogen) atoms. The molecule has 3 heterocycles. The molecule has 0 aromatic carbocycles. The number of imide groups is 1. The SMILES string of the molecule is CC1CCCCN1C(=O)CN1C(=O)C2C(=NC=[N+]2C)N(C)C1=O. The first-order chi connectivity index (χ1) is 10.9. The summed E-state index contributed by atoms with van der Waals surface area (Å²) in [6.07, 6.45) is 4.57. The molecular weight excluding hydrogens is 298 g/mol. The van der Waals surface area contributed by atoms with E-state index in [9.17, 15) is 14.4 Å². The van der Waals surface area contributed by atoms with E-state index < -0.39 is 12.1 Å². The highest BCUT2D eigenvalue weighted by Gasteiger charge is 2.51. The molecule has 0 saturated carbocycles. The second-order valence-electron chi connectivity index (χ2n) is 6.37. The minimum atomic E-state index is -0.621. The van der Waals surface area contributed by atoms with Crippen molar-refractivity contribution in [2.24, 2.45) is 4.99 Å². The van der Waals surface area contributed by atoms with E-state index in [2.05, 4.69) is 4.99 Å². The lowest BCUT2D eigenvalue weighted by molar-refractivity contribution is -0.500. The zero-order valence-corrected chi connectivity index (χ0v) is 13.7. The molecule has 0 spiro atoms. The van der Waals surface area contributed by atoms with Crippen molar-refractivity contribution in [2.75, 3.05) is 27.2 Å². The van der Waals surface area contributed by atoms with Gasteiger partial charge in [0.05, 0.1) is 7.05 Å². The Morgan fingerprint density at radius 2 is 2.13 bits per heavy atom. The second-order valence-corrected chi connectivity index (χ2v) is 6.37. The Bertz CT molecular complexity index is 627. The molecule has 0 aromatic rings. The summed E-state index contributed by atoms with van der Waals surface area (Å²) in [4.78, 5) is 45.9. The third kappa shape index (κ3) is 2.51. The Morgan fingerprint density at radius 1 is 1.39 bits per heavy atom. The van der Waals surface area contributed by atoms with E-state index in [1.54, 1.807) is 23.6 Å². The fraction of sp³-hybridized carbons (Fsp3) is 0.667. The smallest absolute Gasteiger partial charge is 0.334 e. The van der Waals surface area contributed by atoms with E-state index in [-0.39, 0.29) is 24.4 Å². The van der Waals surface area contributed by atoms with Gasteiger partial charge in [0.15, 0.2) is 0 Å². The van der Waals surface area contributed by atoms with Gasteiger partial charge in [-0.05, 0) is 31.2 Å². The molecular formula is C15H22N5O3+. The number of amidine groups is 1. The highest BCUT2D eigenvalue weighted by molar-refractivity contribution is 6.22. The Balaban J connectivity index is 1.77. The van der Waals surface area contributed by atoms with Crippen LogP contribution in [0.3, 0.4) is 0 Å². The number of urea groups is 1. The first-order valence-electron chi connectivity index (χ1n) is 7.93. The zero-order valence-electron chi connectivity index (χ0n) is 13.7.